The second kappa shape index (κ2) is 14.4. The number of rotatable bonds is 13. The van der Waals surface area contributed by atoms with Crippen molar-refractivity contribution in [2.24, 2.45) is 0 Å². The second-order valence-corrected chi connectivity index (χ2v) is 8.38. The van der Waals surface area contributed by atoms with Gasteiger partial charge in [-0.05, 0) is 59.2 Å². The molecular weight excluding hydrogens is 530 g/mol. The molecule has 1 N–H and O–H groups in total. The van der Waals surface area contributed by atoms with Gasteiger partial charge in [-0.1, -0.05) is 12.2 Å². The van der Waals surface area contributed by atoms with Crippen LogP contribution in [0.25, 0.3) is 18.2 Å². The highest BCUT2D eigenvalue weighted by atomic mass is 16.5. The fourth-order valence-corrected chi connectivity index (χ4v) is 4.11. The van der Waals surface area contributed by atoms with Gasteiger partial charge in [-0.2, -0.15) is 0 Å². The number of hydrogen-bond donors (Lipinski definition) is 1. The second-order valence-electron chi connectivity index (χ2n) is 8.38. The molecule has 10 heteroatoms. The molecule has 0 aromatic heterocycles. The topological polar surface area (TPSA) is 103 Å². The van der Waals surface area contributed by atoms with Crippen molar-refractivity contribution in [1.29, 1.82) is 0 Å². The predicted molar refractivity (Wildman–Crippen MR) is 158 cm³/mol. The van der Waals surface area contributed by atoms with E-state index in [9.17, 15) is 4.79 Å². The molecule has 0 unspecified atom stereocenters. The molecule has 0 spiro atoms. The first-order chi connectivity index (χ1) is 19.8. The summed E-state index contributed by atoms with van der Waals surface area (Å²) in [6.07, 6.45) is 6.77. The van der Waals surface area contributed by atoms with E-state index in [1.165, 1.54) is 41.6 Å². The summed E-state index contributed by atoms with van der Waals surface area (Å²) in [6, 6.07) is 10.7. The van der Waals surface area contributed by atoms with Gasteiger partial charge in [0.15, 0.2) is 34.5 Å². The first kappa shape index (κ1) is 30.6. The summed E-state index contributed by atoms with van der Waals surface area (Å²) in [6.45, 7) is 0. The molecule has 0 bridgehead atoms. The summed E-state index contributed by atoms with van der Waals surface area (Å²) >= 11 is 0. The highest BCUT2D eigenvalue weighted by molar-refractivity contribution is 6.03. The Morgan fingerprint density at radius 2 is 0.829 bits per heavy atom. The normalized spacial score (nSPS) is 10.8. The van der Waals surface area contributed by atoms with Crippen LogP contribution in [0.5, 0.6) is 46.0 Å². The van der Waals surface area contributed by atoms with Crippen LogP contribution in [0, 0.1) is 0 Å². The average molecular weight is 566 g/mol. The molecule has 0 aliphatic rings. The number of methoxy groups -OCH3 is 8. The maximum Gasteiger partial charge on any atom is 0.248 e. The standard InChI is InChI=1S/C31H35NO9/c1-34-23-14-19(9-10-20-15-24(35-2)30(40-7)25(16-20)36-3)13-22(29(23)39-6)32-28(33)12-11-21-17-26(37-4)31(41-8)27(18-21)38-5/h9-18H,1-8H3,(H,32,33)/b10-9+,12-11+. The molecule has 0 aliphatic heterocycles. The van der Waals surface area contributed by atoms with Gasteiger partial charge >= 0.3 is 0 Å². The Morgan fingerprint density at radius 3 is 1.20 bits per heavy atom. The van der Waals surface area contributed by atoms with Crippen molar-refractivity contribution in [3.63, 3.8) is 0 Å². The number of benzene rings is 3. The monoisotopic (exact) mass is 565 g/mol. The Balaban J connectivity index is 1.92. The van der Waals surface area contributed by atoms with Gasteiger partial charge in [0.2, 0.25) is 17.4 Å². The molecule has 3 aromatic rings. The molecule has 10 nitrogen and oxygen atoms in total. The van der Waals surface area contributed by atoms with Crippen LogP contribution in [0.2, 0.25) is 0 Å². The van der Waals surface area contributed by atoms with E-state index in [2.05, 4.69) is 5.32 Å². The number of hydrogen-bond acceptors (Lipinski definition) is 9. The van der Waals surface area contributed by atoms with Gasteiger partial charge in [0.1, 0.15) is 0 Å². The Labute approximate surface area is 240 Å². The molecule has 218 valence electrons. The van der Waals surface area contributed by atoms with Gasteiger partial charge in [-0.3, -0.25) is 4.79 Å². The van der Waals surface area contributed by atoms with Crippen molar-refractivity contribution in [2.45, 2.75) is 0 Å². The summed E-state index contributed by atoms with van der Waals surface area (Å²) in [7, 11) is 12.3. The lowest BCUT2D eigenvalue weighted by Gasteiger charge is -2.15. The van der Waals surface area contributed by atoms with E-state index in [-0.39, 0.29) is 5.91 Å². The average Bonchev–Trinajstić information content (AvgIpc) is 3.00. The SMILES string of the molecule is COc1cc(/C=C/c2cc(OC)c(OC)c(OC)c2)cc(NC(=O)/C=C/c2cc(OC)c(OC)c(OC)c2)c1OC. The quantitative estimate of drug-likeness (QED) is 0.210. The lowest BCUT2D eigenvalue weighted by atomic mass is 10.1. The Hall–Kier alpha value is -4.99. The van der Waals surface area contributed by atoms with Crippen LogP contribution in [0.4, 0.5) is 5.69 Å². The molecule has 0 atom stereocenters. The zero-order chi connectivity index (χ0) is 29.9. The van der Waals surface area contributed by atoms with E-state index >= 15 is 0 Å². The van der Waals surface area contributed by atoms with E-state index < -0.39 is 0 Å². The predicted octanol–water partition coefficient (Wildman–Crippen LogP) is 5.58. The molecule has 41 heavy (non-hydrogen) atoms. The third kappa shape index (κ3) is 7.16. The van der Waals surface area contributed by atoms with Crippen LogP contribution < -0.4 is 43.2 Å². The molecular formula is C31H35NO9. The van der Waals surface area contributed by atoms with Crippen molar-refractivity contribution in [3.05, 3.63) is 59.2 Å². The fourth-order valence-electron chi connectivity index (χ4n) is 4.11. The third-order valence-corrected chi connectivity index (χ3v) is 6.03. The minimum Gasteiger partial charge on any atom is -0.493 e. The first-order valence-electron chi connectivity index (χ1n) is 12.4. The van der Waals surface area contributed by atoms with Crippen LogP contribution in [-0.4, -0.2) is 62.8 Å². The minimum absolute atomic E-state index is 0.381. The van der Waals surface area contributed by atoms with Gasteiger partial charge in [0, 0.05) is 6.08 Å². The number of carbonyl (C=O) groups is 1. The molecule has 0 saturated heterocycles. The van der Waals surface area contributed by atoms with E-state index in [1.807, 2.05) is 24.3 Å². The van der Waals surface area contributed by atoms with Crippen LogP contribution >= 0.6 is 0 Å². The molecule has 3 aromatic carbocycles. The van der Waals surface area contributed by atoms with Gasteiger partial charge in [-0.25, -0.2) is 0 Å². The number of nitrogens with one attached hydrogen (secondary N) is 1. The van der Waals surface area contributed by atoms with E-state index in [4.69, 9.17) is 37.9 Å². The van der Waals surface area contributed by atoms with Gasteiger partial charge < -0.3 is 43.2 Å². The largest absolute Gasteiger partial charge is 0.493 e. The molecule has 3 rings (SSSR count). The highest BCUT2D eigenvalue weighted by Gasteiger charge is 2.16. The van der Waals surface area contributed by atoms with Crippen molar-refractivity contribution in [1.82, 2.24) is 0 Å². The van der Waals surface area contributed by atoms with Crippen LogP contribution in [-0.2, 0) is 4.79 Å². The Bertz CT molecular complexity index is 1380. The highest BCUT2D eigenvalue weighted by Crippen LogP contribution is 2.41. The Kier molecular flexibility index (Phi) is 10.7. The van der Waals surface area contributed by atoms with E-state index in [0.717, 1.165) is 11.1 Å². The summed E-state index contributed by atoms with van der Waals surface area (Å²) in [5.74, 6) is 3.43. The number of amides is 1. The third-order valence-electron chi connectivity index (χ3n) is 6.03. The lowest BCUT2D eigenvalue weighted by molar-refractivity contribution is -0.111. The van der Waals surface area contributed by atoms with E-state index in [0.29, 0.717) is 57.2 Å². The molecule has 0 radical (unpaired) electrons. The van der Waals surface area contributed by atoms with Crippen molar-refractivity contribution < 1.29 is 42.7 Å². The van der Waals surface area contributed by atoms with Crippen molar-refractivity contribution >= 4 is 29.8 Å². The lowest BCUT2D eigenvalue weighted by Crippen LogP contribution is -2.09. The number of carbonyl (C=O) groups excluding carboxylic acids is 1. The molecule has 0 aliphatic carbocycles. The first-order valence-corrected chi connectivity index (χ1v) is 12.4. The zero-order valence-corrected chi connectivity index (χ0v) is 24.4. The fraction of sp³-hybridized carbons (Fsp3) is 0.258. The van der Waals surface area contributed by atoms with Gasteiger partial charge in [0.05, 0.1) is 62.6 Å². The molecule has 0 saturated carbocycles. The summed E-state index contributed by atoms with van der Waals surface area (Å²) in [5.41, 5.74) is 2.67. The maximum atomic E-state index is 12.9. The molecule has 0 fully saturated rings. The minimum atomic E-state index is -0.384. The summed E-state index contributed by atoms with van der Waals surface area (Å²) in [4.78, 5) is 12.9. The summed E-state index contributed by atoms with van der Waals surface area (Å²) < 4.78 is 43.5. The Morgan fingerprint density at radius 1 is 0.488 bits per heavy atom. The van der Waals surface area contributed by atoms with Crippen molar-refractivity contribution in [3.8, 4) is 46.0 Å². The number of ether oxygens (including phenoxy) is 8. The van der Waals surface area contributed by atoms with Crippen LogP contribution in [0.1, 0.15) is 16.7 Å². The zero-order valence-electron chi connectivity index (χ0n) is 24.4. The summed E-state index contributed by atoms with van der Waals surface area (Å²) in [5, 5.41) is 2.87. The molecule has 0 heterocycles. The molecule has 1 amide bonds. The van der Waals surface area contributed by atoms with Crippen molar-refractivity contribution in [2.75, 3.05) is 62.2 Å². The number of anilines is 1. The van der Waals surface area contributed by atoms with Gasteiger partial charge in [0.25, 0.3) is 0 Å². The van der Waals surface area contributed by atoms with E-state index in [1.54, 1.807) is 51.7 Å². The van der Waals surface area contributed by atoms with Gasteiger partial charge in [-0.15, -0.1) is 0 Å². The van der Waals surface area contributed by atoms with Crippen LogP contribution in [0.15, 0.2) is 42.5 Å². The van der Waals surface area contributed by atoms with Crippen LogP contribution in [0.3, 0.4) is 0 Å². The maximum absolute atomic E-state index is 12.9. The smallest absolute Gasteiger partial charge is 0.248 e.